The predicted molar refractivity (Wildman–Crippen MR) is 103 cm³/mol. The number of pyridine rings is 1. The van der Waals surface area contributed by atoms with Gasteiger partial charge in [0.1, 0.15) is 0 Å². The number of aromatic nitrogens is 3. The van der Waals surface area contributed by atoms with Crippen molar-refractivity contribution < 1.29 is 4.79 Å². The normalized spacial score (nSPS) is 19.8. The van der Waals surface area contributed by atoms with Crippen molar-refractivity contribution in [3.8, 4) is 11.3 Å². The summed E-state index contributed by atoms with van der Waals surface area (Å²) in [7, 11) is 4.29. The van der Waals surface area contributed by atoms with E-state index >= 15 is 0 Å². The van der Waals surface area contributed by atoms with Gasteiger partial charge in [0.05, 0.1) is 11.3 Å². The highest BCUT2D eigenvalue weighted by Crippen LogP contribution is 2.23. The molecule has 3 aromatic rings. The van der Waals surface area contributed by atoms with Gasteiger partial charge < -0.3 is 16.0 Å². The molecule has 139 valence electrons. The van der Waals surface area contributed by atoms with E-state index in [4.69, 9.17) is 5.73 Å². The Bertz CT molecular complexity index is 962. The molecule has 3 heterocycles. The summed E-state index contributed by atoms with van der Waals surface area (Å²) < 4.78 is 1.61. The van der Waals surface area contributed by atoms with Crippen molar-refractivity contribution in [1.29, 1.82) is 0 Å². The summed E-state index contributed by atoms with van der Waals surface area (Å²) in [4.78, 5) is 17.9. The van der Waals surface area contributed by atoms with Crippen LogP contribution in [0.3, 0.4) is 0 Å². The van der Waals surface area contributed by atoms with E-state index in [2.05, 4.69) is 65.0 Å². The van der Waals surface area contributed by atoms with Crippen LogP contribution in [-0.4, -0.2) is 58.1 Å². The van der Waals surface area contributed by atoms with Crippen LogP contribution in [0.1, 0.15) is 22.3 Å². The molecule has 7 heteroatoms. The number of carbonyl (C=O) groups is 1. The molecule has 0 aliphatic carbocycles. The number of hydrogen-bond donors (Lipinski definition) is 2. The van der Waals surface area contributed by atoms with Crippen LogP contribution in [0.5, 0.6) is 0 Å². The van der Waals surface area contributed by atoms with Crippen LogP contribution < -0.4 is 11.1 Å². The molecule has 1 saturated heterocycles. The molecule has 3 N–H and O–H groups in total. The zero-order chi connectivity index (χ0) is 19.0. The van der Waals surface area contributed by atoms with E-state index in [0.29, 0.717) is 23.3 Å². The number of rotatable bonds is 5. The summed E-state index contributed by atoms with van der Waals surface area (Å²) in [5.41, 5.74) is 9.32. The van der Waals surface area contributed by atoms with Crippen molar-refractivity contribution >= 4 is 11.6 Å². The molecule has 2 unspecified atom stereocenters. The van der Waals surface area contributed by atoms with Crippen molar-refractivity contribution in [2.45, 2.75) is 24.9 Å². The van der Waals surface area contributed by atoms with Crippen LogP contribution in [0.4, 0.5) is 0 Å². The van der Waals surface area contributed by atoms with Crippen LogP contribution in [0.25, 0.3) is 16.9 Å². The van der Waals surface area contributed by atoms with Crippen LogP contribution in [0.15, 0.2) is 36.4 Å². The fourth-order valence-corrected chi connectivity index (χ4v) is 3.92. The lowest BCUT2D eigenvalue weighted by Crippen LogP contribution is -2.41. The molecule has 1 aromatic carbocycles. The minimum absolute atomic E-state index is 0.339. The van der Waals surface area contributed by atoms with E-state index in [1.54, 1.807) is 10.6 Å². The molecule has 1 radical (unpaired) electrons. The number of hydrogen-bond acceptors (Lipinski definition) is 5. The first-order valence-electron chi connectivity index (χ1n) is 9.09. The predicted octanol–water partition coefficient (Wildman–Crippen LogP) is 1.13. The van der Waals surface area contributed by atoms with E-state index in [9.17, 15) is 4.79 Å². The van der Waals surface area contributed by atoms with E-state index in [-0.39, 0.29) is 0 Å². The van der Waals surface area contributed by atoms with Crippen molar-refractivity contribution in [3.63, 3.8) is 0 Å². The summed E-state index contributed by atoms with van der Waals surface area (Å²) in [5, 5.41) is 7.74. The Morgan fingerprint density at radius 3 is 2.78 bits per heavy atom. The molecular formula is C20H23N6O. The zero-order valence-electron chi connectivity index (χ0n) is 15.5. The standard InChI is InChI=1S/C20H23N6O/c1-25(2)18-9-10-22-16(18)11-13-3-5-14(6-4-13)17-8-7-15(19(21)27)20-23-12-24-26(17)20/h3-8,16,18,22H,9-11H2,1-2H3,(H2,21,27). The van der Waals surface area contributed by atoms with Gasteiger partial charge in [-0.1, -0.05) is 24.3 Å². The highest BCUT2D eigenvalue weighted by molar-refractivity contribution is 5.99. The number of nitrogens with one attached hydrogen (secondary N) is 1. The number of benzene rings is 1. The summed E-state index contributed by atoms with van der Waals surface area (Å²) in [6.45, 7) is 1.07. The quantitative estimate of drug-likeness (QED) is 0.709. The highest BCUT2D eigenvalue weighted by atomic mass is 16.1. The molecule has 0 bridgehead atoms. The first kappa shape index (κ1) is 17.6. The molecule has 2 aromatic heterocycles. The fraction of sp³-hybridized carbons (Fsp3) is 0.350. The van der Waals surface area contributed by atoms with Crippen molar-refractivity contribution in [2.75, 3.05) is 20.6 Å². The van der Waals surface area contributed by atoms with Crippen LogP contribution in [0, 0.1) is 6.33 Å². The van der Waals surface area contributed by atoms with Gasteiger partial charge in [0.2, 0.25) is 6.33 Å². The average molecular weight is 363 g/mol. The van der Waals surface area contributed by atoms with Gasteiger partial charge in [0.15, 0.2) is 5.65 Å². The Balaban J connectivity index is 1.60. The second-order valence-corrected chi connectivity index (χ2v) is 7.23. The highest BCUT2D eigenvalue weighted by Gasteiger charge is 2.28. The Hall–Kier alpha value is -2.77. The molecule has 1 amide bonds. The van der Waals surface area contributed by atoms with Crippen LogP contribution in [-0.2, 0) is 6.42 Å². The van der Waals surface area contributed by atoms with E-state index < -0.39 is 5.91 Å². The molecule has 1 aliphatic heterocycles. The van der Waals surface area contributed by atoms with Gasteiger partial charge in [-0.15, -0.1) is 5.10 Å². The third-order valence-corrected chi connectivity index (χ3v) is 5.32. The maximum Gasteiger partial charge on any atom is 0.252 e. The monoisotopic (exact) mass is 363 g/mol. The van der Waals surface area contributed by atoms with Crippen molar-refractivity contribution in [2.24, 2.45) is 5.73 Å². The number of nitrogens with zero attached hydrogens (tertiary/aromatic N) is 4. The maximum atomic E-state index is 11.6. The Morgan fingerprint density at radius 2 is 2.07 bits per heavy atom. The smallest absolute Gasteiger partial charge is 0.252 e. The molecule has 0 spiro atoms. The molecule has 2 atom stereocenters. The number of amides is 1. The molecule has 7 nitrogen and oxygen atoms in total. The second kappa shape index (κ2) is 7.09. The van der Waals surface area contributed by atoms with Crippen LogP contribution in [0.2, 0.25) is 0 Å². The van der Waals surface area contributed by atoms with Crippen molar-refractivity contribution in [3.05, 3.63) is 53.9 Å². The maximum absolute atomic E-state index is 11.6. The minimum atomic E-state index is -0.525. The molecule has 27 heavy (non-hydrogen) atoms. The van der Waals surface area contributed by atoms with E-state index in [0.717, 1.165) is 24.2 Å². The van der Waals surface area contributed by atoms with Gasteiger partial charge in [-0.05, 0) is 51.2 Å². The first-order chi connectivity index (χ1) is 13.0. The van der Waals surface area contributed by atoms with Crippen molar-refractivity contribution in [1.82, 2.24) is 24.8 Å². The lowest BCUT2D eigenvalue weighted by molar-refractivity contribution is 0.100. The molecule has 1 aliphatic rings. The number of fused-ring (bicyclic) bond motifs is 1. The lowest BCUT2D eigenvalue weighted by atomic mass is 9.98. The van der Waals surface area contributed by atoms with Gasteiger partial charge in [0.25, 0.3) is 5.91 Å². The number of primary amides is 1. The van der Waals surface area contributed by atoms with Gasteiger partial charge in [-0.3, -0.25) is 4.79 Å². The Kier molecular flexibility index (Phi) is 4.63. The SMILES string of the molecule is CN(C)C1CCNC1Cc1ccc(-c2ccc(C(N)=O)c3n[c]nn23)cc1. The van der Waals surface area contributed by atoms with Gasteiger partial charge in [0, 0.05) is 17.6 Å². The fourth-order valence-electron chi connectivity index (χ4n) is 3.92. The number of nitrogens with two attached hydrogens (primary N) is 1. The topological polar surface area (TPSA) is 88.5 Å². The number of carbonyl (C=O) groups excluding carboxylic acids is 1. The number of likely N-dealkylation sites (N-methyl/N-ethyl adjacent to an activating group) is 1. The van der Waals surface area contributed by atoms with Crippen LogP contribution >= 0.6 is 0 Å². The third-order valence-electron chi connectivity index (χ3n) is 5.32. The average Bonchev–Trinajstić information content (AvgIpc) is 3.30. The van der Waals surface area contributed by atoms with E-state index in [1.807, 2.05) is 6.07 Å². The molecule has 1 fully saturated rings. The summed E-state index contributed by atoms with van der Waals surface area (Å²) in [5.74, 6) is -0.525. The van der Waals surface area contributed by atoms with Gasteiger partial charge in [-0.25, -0.2) is 9.50 Å². The Labute approximate surface area is 158 Å². The summed E-state index contributed by atoms with van der Waals surface area (Å²) in [6.07, 6.45) is 4.74. The zero-order valence-corrected chi connectivity index (χ0v) is 15.5. The second-order valence-electron chi connectivity index (χ2n) is 7.23. The molecular weight excluding hydrogens is 340 g/mol. The first-order valence-corrected chi connectivity index (χ1v) is 9.09. The van der Waals surface area contributed by atoms with E-state index in [1.165, 1.54) is 12.0 Å². The summed E-state index contributed by atoms with van der Waals surface area (Å²) >= 11 is 0. The largest absolute Gasteiger partial charge is 0.365 e. The Morgan fingerprint density at radius 1 is 1.30 bits per heavy atom. The van der Waals surface area contributed by atoms with Gasteiger partial charge >= 0.3 is 0 Å². The minimum Gasteiger partial charge on any atom is -0.365 e. The summed E-state index contributed by atoms with van der Waals surface area (Å²) in [6, 6.07) is 13.0. The van der Waals surface area contributed by atoms with Gasteiger partial charge in [-0.2, -0.15) is 0 Å². The molecule has 0 saturated carbocycles. The lowest BCUT2D eigenvalue weighted by Gasteiger charge is -2.26. The third kappa shape index (κ3) is 3.31. The molecule has 4 rings (SSSR count).